The maximum atomic E-state index is 7.49. The predicted octanol–water partition coefficient (Wildman–Crippen LogP) is 4.00. The molecule has 0 saturated carbocycles. The van der Waals surface area contributed by atoms with Gasteiger partial charge < -0.3 is 5.73 Å². The number of hydrogen-bond acceptors (Lipinski definition) is 2. The lowest BCUT2D eigenvalue weighted by molar-refractivity contribution is 1.11. The van der Waals surface area contributed by atoms with Gasteiger partial charge in [0.05, 0.1) is 4.88 Å². The molecule has 2 aromatic rings. The Balaban J connectivity index is 2.61. The highest BCUT2D eigenvalue weighted by Gasteiger charge is 2.06. The first-order valence-electron chi connectivity index (χ1n) is 5.66. The van der Waals surface area contributed by atoms with E-state index in [-0.39, 0.29) is 5.84 Å². The predicted molar refractivity (Wildman–Crippen MR) is 76.8 cm³/mol. The van der Waals surface area contributed by atoms with Crippen LogP contribution < -0.4 is 5.73 Å². The van der Waals surface area contributed by atoms with Crippen molar-refractivity contribution in [2.75, 3.05) is 0 Å². The van der Waals surface area contributed by atoms with Crippen LogP contribution >= 0.6 is 11.3 Å². The fourth-order valence-electron chi connectivity index (χ4n) is 1.71. The number of thiophene rings is 1. The Kier molecular flexibility index (Phi) is 3.29. The first-order valence-corrected chi connectivity index (χ1v) is 6.47. The summed E-state index contributed by atoms with van der Waals surface area (Å²) in [5, 5.41) is 8.68. The van der Waals surface area contributed by atoms with E-state index in [0.717, 1.165) is 11.3 Å². The van der Waals surface area contributed by atoms with Crippen molar-refractivity contribution in [1.82, 2.24) is 0 Å². The first kappa shape index (κ1) is 11.9. The Morgan fingerprint density at radius 2 is 2.24 bits per heavy atom. The minimum absolute atomic E-state index is 0.147. The van der Waals surface area contributed by atoms with E-state index in [2.05, 4.69) is 38.1 Å². The van der Waals surface area contributed by atoms with E-state index in [0.29, 0.717) is 0 Å². The van der Waals surface area contributed by atoms with Crippen LogP contribution in [-0.2, 0) is 0 Å². The van der Waals surface area contributed by atoms with Gasteiger partial charge in [-0.25, -0.2) is 0 Å². The molecule has 0 unspecified atom stereocenters. The Morgan fingerprint density at radius 3 is 2.88 bits per heavy atom. The van der Waals surface area contributed by atoms with E-state index in [1.807, 2.05) is 6.07 Å². The summed E-state index contributed by atoms with van der Waals surface area (Å²) in [7, 11) is 0. The van der Waals surface area contributed by atoms with Crippen LogP contribution in [0.15, 0.2) is 29.8 Å². The fourth-order valence-corrected chi connectivity index (χ4v) is 2.67. The molecule has 0 aliphatic carbocycles. The first-order chi connectivity index (χ1) is 8.11. The molecule has 1 heterocycles. The van der Waals surface area contributed by atoms with Crippen LogP contribution in [0.2, 0.25) is 0 Å². The van der Waals surface area contributed by atoms with Crippen molar-refractivity contribution in [2.45, 2.75) is 20.3 Å². The summed E-state index contributed by atoms with van der Waals surface area (Å²) in [5.41, 5.74) is 8.10. The zero-order valence-corrected chi connectivity index (χ0v) is 10.9. The third kappa shape index (κ3) is 2.39. The molecule has 2 rings (SSSR count). The van der Waals surface area contributed by atoms with Crippen LogP contribution in [0.3, 0.4) is 0 Å². The second-order valence-corrected chi connectivity index (χ2v) is 5.21. The molecule has 0 saturated heterocycles. The third-order valence-electron chi connectivity index (χ3n) is 2.82. The van der Waals surface area contributed by atoms with Crippen molar-refractivity contribution >= 4 is 33.3 Å². The Bertz CT molecular complexity index is 593. The maximum absolute atomic E-state index is 7.49. The topological polar surface area (TPSA) is 49.9 Å². The summed E-state index contributed by atoms with van der Waals surface area (Å²) < 4.78 is 1.19. The Morgan fingerprint density at radius 1 is 1.47 bits per heavy atom. The molecular formula is C14H16N2S. The Hall–Kier alpha value is -1.61. The van der Waals surface area contributed by atoms with Gasteiger partial charge >= 0.3 is 0 Å². The van der Waals surface area contributed by atoms with Gasteiger partial charge in [-0.3, -0.25) is 5.41 Å². The molecule has 0 radical (unpaired) electrons. The standard InChI is InChI=1S/C14H16N2S/c1-3-9(2)7-10-5-4-6-12-11(10)8-13(17-12)14(15)16/h4-8H,3H2,1-2H3,(H3,15,16). The molecule has 2 nitrogen and oxygen atoms in total. The summed E-state index contributed by atoms with van der Waals surface area (Å²) in [4.78, 5) is 0.843. The van der Waals surface area contributed by atoms with E-state index >= 15 is 0 Å². The number of allylic oxidation sites excluding steroid dienone is 1. The van der Waals surface area contributed by atoms with Gasteiger partial charge in [0.25, 0.3) is 0 Å². The van der Waals surface area contributed by atoms with Crippen LogP contribution in [0.4, 0.5) is 0 Å². The molecule has 3 N–H and O–H groups in total. The average Bonchev–Trinajstić information content (AvgIpc) is 2.74. The molecule has 88 valence electrons. The lowest BCUT2D eigenvalue weighted by Crippen LogP contribution is -2.08. The van der Waals surface area contributed by atoms with E-state index < -0.39 is 0 Å². The van der Waals surface area contributed by atoms with E-state index in [4.69, 9.17) is 11.1 Å². The minimum Gasteiger partial charge on any atom is -0.383 e. The molecule has 17 heavy (non-hydrogen) atoms. The lowest BCUT2D eigenvalue weighted by atomic mass is 10.1. The monoisotopic (exact) mass is 244 g/mol. The summed E-state index contributed by atoms with van der Waals surface area (Å²) in [6.45, 7) is 4.29. The largest absolute Gasteiger partial charge is 0.383 e. The maximum Gasteiger partial charge on any atom is 0.133 e. The van der Waals surface area contributed by atoms with Crippen LogP contribution in [0, 0.1) is 5.41 Å². The average molecular weight is 244 g/mol. The van der Waals surface area contributed by atoms with Crippen molar-refractivity contribution < 1.29 is 0 Å². The molecular weight excluding hydrogens is 228 g/mol. The van der Waals surface area contributed by atoms with Crippen molar-refractivity contribution in [3.05, 3.63) is 40.3 Å². The molecule has 0 amide bonds. The number of amidine groups is 1. The number of hydrogen-bond donors (Lipinski definition) is 2. The van der Waals surface area contributed by atoms with E-state index in [9.17, 15) is 0 Å². The van der Waals surface area contributed by atoms with Gasteiger partial charge in [-0.1, -0.05) is 30.7 Å². The van der Waals surface area contributed by atoms with Crippen molar-refractivity contribution in [3.8, 4) is 0 Å². The van der Waals surface area contributed by atoms with Gasteiger partial charge in [0, 0.05) is 10.1 Å². The number of rotatable bonds is 3. The lowest BCUT2D eigenvalue weighted by Gasteiger charge is -1.99. The fraction of sp³-hybridized carbons (Fsp3) is 0.214. The van der Waals surface area contributed by atoms with Crippen LogP contribution in [0.1, 0.15) is 30.7 Å². The zero-order valence-electron chi connectivity index (χ0n) is 10.1. The summed E-state index contributed by atoms with van der Waals surface area (Å²) >= 11 is 1.58. The molecule has 0 spiro atoms. The van der Waals surface area contributed by atoms with Gasteiger partial charge in [0.15, 0.2) is 0 Å². The summed E-state index contributed by atoms with van der Waals surface area (Å²) in [6, 6.07) is 8.25. The van der Waals surface area contributed by atoms with Crippen molar-refractivity contribution in [2.24, 2.45) is 5.73 Å². The van der Waals surface area contributed by atoms with Crippen LogP contribution in [0.25, 0.3) is 16.2 Å². The number of nitrogens with two attached hydrogens (primary N) is 1. The number of benzene rings is 1. The van der Waals surface area contributed by atoms with E-state index in [1.54, 1.807) is 11.3 Å². The highest BCUT2D eigenvalue weighted by molar-refractivity contribution is 7.20. The van der Waals surface area contributed by atoms with Gasteiger partial charge in [-0.15, -0.1) is 11.3 Å². The van der Waals surface area contributed by atoms with Crippen LogP contribution in [0.5, 0.6) is 0 Å². The molecule has 0 atom stereocenters. The van der Waals surface area contributed by atoms with Crippen molar-refractivity contribution in [1.29, 1.82) is 5.41 Å². The second kappa shape index (κ2) is 4.72. The normalized spacial score (nSPS) is 12.0. The summed E-state index contributed by atoms with van der Waals surface area (Å²) in [6.07, 6.45) is 3.26. The molecule has 0 bridgehead atoms. The Labute approximate surface area is 105 Å². The number of nitrogens with one attached hydrogen (secondary N) is 1. The highest BCUT2D eigenvalue weighted by Crippen LogP contribution is 2.29. The zero-order chi connectivity index (χ0) is 12.4. The van der Waals surface area contributed by atoms with Gasteiger partial charge in [0.1, 0.15) is 5.84 Å². The molecule has 3 heteroatoms. The third-order valence-corrected chi connectivity index (χ3v) is 3.95. The summed E-state index contributed by atoms with van der Waals surface area (Å²) in [5.74, 6) is 0.147. The van der Waals surface area contributed by atoms with E-state index in [1.165, 1.54) is 21.2 Å². The number of nitrogen functional groups attached to an aromatic ring is 1. The number of fused-ring (bicyclic) bond motifs is 1. The quantitative estimate of drug-likeness (QED) is 0.622. The molecule has 0 aliphatic rings. The van der Waals surface area contributed by atoms with Gasteiger partial charge in [0.2, 0.25) is 0 Å². The highest BCUT2D eigenvalue weighted by atomic mass is 32.1. The molecule has 1 aromatic heterocycles. The van der Waals surface area contributed by atoms with Crippen molar-refractivity contribution in [3.63, 3.8) is 0 Å². The van der Waals surface area contributed by atoms with Gasteiger partial charge in [-0.2, -0.15) is 0 Å². The smallest absolute Gasteiger partial charge is 0.133 e. The minimum atomic E-state index is 0.147. The second-order valence-electron chi connectivity index (χ2n) is 4.13. The molecule has 0 fully saturated rings. The molecule has 1 aromatic carbocycles. The van der Waals surface area contributed by atoms with Gasteiger partial charge in [-0.05, 0) is 31.0 Å². The van der Waals surface area contributed by atoms with Crippen LogP contribution in [-0.4, -0.2) is 5.84 Å². The molecule has 0 aliphatic heterocycles. The SMILES string of the molecule is CCC(C)=Cc1cccc2sc(C(=N)N)cc12.